The third-order valence-electron chi connectivity index (χ3n) is 4.81. The van der Waals surface area contributed by atoms with E-state index in [0.29, 0.717) is 11.8 Å². The monoisotopic (exact) mass is 353 g/mol. The fourth-order valence-electron chi connectivity index (χ4n) is 3.68. The molecular weight excluding hydrogens is 325 g/mol. The Morgan fingerprint density at radius 3 is 2.55 bits per heavy atom. The molecule has 130 valence electrons. The minimum absolute atomic E-state index is 0. The summed E-state index contributed by atoms with van der Waals surface area (Å²) in [5.74, 6) is 0.987. The van der Waals surface area contributed by atoms with Crippen LogP contribution in [0, 0.1) is 5.92 Å². The largest absolute Gasteiger partial charge is 0.379 e. The van der Waals surface area contributed by atoms with Crippen LogP contribution < -0.4 is 5.32 Å². The summed E-state index contributed by atoms with van der Waals surface area (Å²) in [6.07, 6.45) is 4.58. The van der Waals surface area contributed by atoms with Gasteiger partial charge in [-0.2, -0.15) is 0 Å². The third-order valence-corrected chi connectivity index (χ3v) is 4.81. The second kappa shape index (κ2) is 9.93. The molecular formula is C15H29Cl2N3O2. The van der Waals surface area contributed by atoms with Gasteiger partial charge in [0.15, 0.2) is 0 Å². The van der Waals surface area contributed by atoms with E-state index in [-0.39, 0.29) is 30.9 Å². The normalized spacial score (nSPS) is 29.5. The number of piperidine rings is 1. The van der Waals surface area contributed by atoms with E-state index in [1.54, 1.807) is 0 Å². The van der Waals surface area contributed by atoms with Gasteiger partial charge in [-0.1, -0.05) is 0 Å². The van der Waals surface area contributed by atoms with Gasteiger partial charge in [0.05, 0.1) is 19.3 Å². The summed E-state index contributed by atoms with van der Waals surface area (Å²) in [5, 5.41) is 3.33. The highest BCUT2D eigenvalue weighted by Crippen LogP contribution is 2.20. The number of ether oxygens (including phenoxy) is 1. The SMILES string of the molecule is Cl.Cl.O=C([C@@H]1CCCN1)N1CCCC(CN2CCOCC2)C1. The number of carbonyl (C=O) groups excluding carboxylic acids is 1. The van der Waals surface area contributed by atoms with Crippen LogP contribution in [0.1, 0.15) is 25.7 Å². The van der Waals surface area contributed by atoms with Crippen molar-refractivity contribution in [3.05, 3.63) is 0 Å². The predicted molar refractivity (Wildman–Crippen MR) is 92.1 cm³/mol. The number of amides is 1. The molecule has 3 heterocycles. The lowest BCUT2D eigenvalue weighted by Crippen LogP contribution is -2.50. The molecule has 0 aliphatic carbocycles. The van der Waals surface area contributed by atoms with Crippen molar-refractivity contribution in [1.82, 2.24) is 15.1 Å². The maximum atomic E-state index is 12.5. The van der Waals surface area contributed by atoms with Crippen molar-refractivity contribution in [2.24, 2.45) is 5.92 Å². The highest BCUT2D eigenvalue weighted by atomic mass is 35.5. The first-order valence-corrected chi connectivity index (χ1v) is 8.15. The van der Waals surface area contributed by atoms with Gasteiger partial charge in [-0.3, -0.25) is 9.69 Å². The van der Waals surface area contributed by atoms with Crippen molar-refractivity contribution in [2.45, 2.75) is 31.7 Å². The topological polar surface area (TPSA) is 44.8 Å². The fraction of sp³-hybridized carbons (Fsp3) is 0.933. The second-order valence-electron chi connectivity index (χ2n) is 6.35. The minimum atomic E-state index is 0. The van der Waals surface area contributed by atoms with E-state index in [4.69, 9.17) is 4.74 Å². The summed E-state index contributed by atoms with van der Waals surface area (Å²) in [6.45, 7) is 7.86. The zero-order valence-corrected chi connectivity index (χ0v) is 14.8. The van der Waals surface area contributed by atoms with E-state index in [1.807, 2.05) is 0 Å². The molecule has 3 saturated heterocycles. The highest BCUT2D eigenvalue weighted by Gasteiger charge is 2.31. The molecule has 3 aliphatic heterocycles. The van der Waals surface area contributed by atoms with Crippen molar-refractivity contribution in [1.29, 1.82) is 0 Å². The minimum Gasteiger partial charge on any atom is -0.379 e. The Hall–Kier alpha value is -0.0700. The first-order valence-electron chi connectivity index (χ1n) is 8.15. The smallest absolute Gasteiger partial charge is 0.239 e. The molecule has 22 heavy (non-hydrogen) atoms. The number of hydrogen-bond donors (Lipinski definition) is 1. The molecule has 1 N–H and O–H groups in total. The van der Waals surface area contributed by atoms with Crippen LogP contribution in [-0.2, 0) is 9.53 Å². The highest BCUT2D eigenvalue weighted by molar-refractivity contribution is 5.85. The molecule has 0 spiro atoms. The lowest BCUT2D eigenvalue weighted by molar-refractivity contribution is -0.135. The van der Waals surface area contributed by atoms with Crippen LogP contribution in [0.25, 0.3) is 0 Å². The van der Waals surface area contributed by atoms with Crippen LogP contribution >= 0.6 is 24.8 Å². The zero-order chi connectivity index (χ0) is 13.8. The standard InChI is InChI=1S/C15H27N3O2.2ClH/c19-15(14-4-1-5-16-14)18-6-2-3-13(12-18)11-17-7-9-20-10-8-17;;/h13-14,16H,1-12H2;2*1H/t13?,14-;;/m0../s1. The quantitative estimate of drug-likeness (QED) is 0.826. The van der Waals surface area contributed by atoms with E-state index in [0.717, 1.165) is 71.7 Å². The third kappa shape index (κ3) is 5.24. The van der Waals surface area contributed by atoms with Gasteiger partial charge in [0.1, 0.15) is 0 Å². The van der Waals surface area contributed by atoms with Gasteiger partial charge in [0, 0.05) is 32.7 Å². The Bertz CT molecular complexity index is 335. The van der Waals surface area contributed by atoms with Crippen LogP contribution in [0.5, 0.6) is 0 Å². The molecule has 3 rings (SSSR count). The van der Waals surface area contributed by atoms with Crippen molar-refractivity contribution < 1.29 is 9.53 Å². The molecule has 1 amide bonds. The maximum absolute atomic E-state index is 12.5. The van der Waals surface area contributed by atoms with E-state index < -0.39 is 0 Å². The summed E-state index contributed by atoms with van der Waals surface area (Å²) in [5.41, 5.74) is 0. The second-order valence-corrected chi connectivity index (χ2v) is 6.35. The summed E-state index contributed by atoms with van der Waals surface area (Å²) in [4.78, 5) is 17.1. The molecule has 0 radical (unpaired) electrons. The number of likely N-dealkylation sites (tertiary alicyclic amines) is 1. The Labute approximate surface area is 145 Å². The molecule has 7 heteroatoms. The number of hydrogen-bond acceptors (Lipinski definition) is 4. The summed E-state index contributed by atoms with van der Waals surface area (Å²) in [7, 11) is 0. The molecule has 0 saturated carbocycles. The molecule has 0 aromatic rings. The molecule has 3 aliphatic rings. The average molecular weight is 354 g/mol. The lowest BCUT2D eigenvalue weighted by Gasteiger charge is -2.37. The number of nitrogens with one attached hydrogen (secondary N) is 1. The Kier molecular flexibility index (Phi) is 9.02. The maximum Gasteiger partial charge on any atom is 0.239 e. The van der Waals surface area contributed by atoms with E-state index >= 15 is 0 Å². The van der Waals surface area contributed by atoms with Crippen LogP contribution in [0.2, 0.25) is 0 Å². The molecule has 1 unspecified atom stereocenters. The Morgan fingerprint density at radius 2 is 1.86 bits per heavy atom. The van der Waals surface area contributed by atoms with Gasteiger partial charge in [0.25, 0.3) is 0 Å². The van der Waals surface area contributed by atoms with Crippen molar-refractivity contribution in [3.63, 3.8) is 0 Å². The lowest BCUT2D eigenvalue weighted by atomic mass is 9.96. The van der Waals surface area contributed by atoms with Crippen LogP contribution in [0.15, 0.2) is 0 Å². The fourth-order valence-corrected chi connectivity index (χ4v) is 3.68. The predicted octanol–water partition coefficient (Wildman–Crippen LogP) is 1.15. The number of nitrogens with zero attached hydrogens (tertiary/aromatic N) is 2. The van der Waals surface area contributed by atoms with E-state index in [2.05, 4.69) is 15.1 Å². The summed E-state index contributed by atoms with van der Waals surface area (Å²) in [6, 6.07) is 0.0946. The van der Waals surface area contributed by atoms with Crippen LogP contribution in [0.4, 0.5) is 0 Å². The molecule has 0 bridgehead atoms. The zero-order valence-electron chi connectivity index (χ0n) is 13.2. The van der Waals surface area contributed by atoms with Crippen molar-refractivity contribution in [3.8, 4) is 0 Å². The molecule has 0 aromatic carbocycles. The molecule has 5 nitrogen and oxygen atoms in total. The van der Waals surface area contributed by atoms with Crippen molar-refractivity contribution in [2.75, 3.05) is 52.5 Å². The first kappa shape index (κ1) is 20.0. The number of morpholine rings is 1. The Morgan fingerprint density at radius 1 is 1.09 bits per heavy atom. The average Bonchev–Trinajstić information content (AvgIpc) is 3.02. The van der Waals surface area contributed by atoms with Gasteiger partial charge in [-0.05, 0) is 38.1 Å². The van der Waals surface area contributed by atoms with E-state index in [9.17, 15) is 4.79 Å². The summed E-state index contributed by atoms with van der Waals surface area (Å²) < 4.78 is 5.40. The van der Waals surface area contributed by atoms with Gasteiger partial charge >= 0.3 is 0 Å². The van der Waals surface area contributed by atoms with Gasteiger partial charge in [-0.15, -0.1) is 24.8 Å². The molecule has 0 aromatic heterocycles. The first-order chi connectivity index (χ1) is 9.83. The van der Waals surface area contributed by atoms with Crippen LogP contribution in [0.3, 0.4) is 0 Å². The number of halogens is 2. The van der Waals surface area contributed by atoms with Gasteiger partial charge in [0.2, 0.25) is 5.91 Å². The molecule has 3 fully saturated rings. The van der Waals surface area contributed by atoms with Gasteiger partial charge in [-0.25, -0.2) is 0 Å². The van der Waals surface area contributed by atoms with Crippen LogP contribution in [-0.4, -0.2) is 74.2 Å². The van der Waals surface area contributed by atoms with Gasteiger partial charge < -0.3 is 15.0 Å². The summed E-state index contributed by atoms with van der Waals surface area (Å²) >= 11 is 0. The number of rotatable bonds is 3. The molecule has 2 atom stereocenters. The number of carbonyl (C=O) groups is 1. The van der Waals surface area contributed by atoms with E-state index in [1.165, 1.54) is 6.42 Å². The van der Waals surface area contributed by atoms with Crippen molar-refractivity contribution >= 4 is 30.7 Å². The Balaban J connectivity index is 0.00000121.